The number of morpholine rings is 1. The number of fused-ring (bicyclic) bond motifs is 2. The molecule has 0 aromatic heterocycles. The Morgan fingerprint density at radius 3 is 2.38 bits per heavy atom. The largest absolute Gasteiger partial charge is 0.370 e. The molecule has 0 spiro atoms. The minimum Gasteiger partial charge on any atom is -0.370 e. The molecule has 2 aliphatic rings. The second-order valence-electron chi connectivity index (χ2n) is 7.40. The zero-order valence-corrected chi connectivity index (χ0v) is 14.6. The van der Waals surface area contributed by atoms with Gasteiger partial charge >= 0.3 is 0 Å². The molecule has 0 saturated carbocycles. The van der Waals surface area contributed by atoms with Crippen molar-refractivity contribution < 1.29 is 9.22 Å². The number of anilines is 1. The molecule has 2 aliphatic heterocycles. The SMILES string of the molecule is C[N+]1(CCN2Cc3ccccc3Cc3ccccc32)CCOCC1. The highest BCUT2D eigenvalue weighted by Gasteiger charge is 2.27. The summed E-state index contributed by atoms with van der Waals surface area (Å²) in [5.41, 5.74) is 5.80. The van der Waals surface area contributed by atoms with Crippen molar-refractivity contribution in [3.05, 3.63) is 65.2 Å². The molecule has 3 heteroatoms. The van der Waals surface area contributed by atoms with Crippen LogP contribution >= 0.6 is 0 Å². The third-order valence-electron chi connectivity index (χ3n) is 5.65. The lowest BCUT2D eigenvalue weighted by molar-refractivity contribution is -0.915. The maximum atomic E-state index is 5.55. The van der Waals surface area contributed by atoms with Gasteiger partial charge in [-0.05, 0) is 29.2 Å². The van der Waals surface area contributed by atoms with Gasteiger partial charge in [-0.25, -0.2) is 0 Å². The molecule has 0 amide bonds. The van der Waals surface area contributed by atoms with E-state index in [0.717, 1.165) is 50.3 Å². The summed E-state index contributed by atoms with van der Waals surface area (Å²) in [6.07, 6.45) is 1.04. The number of rotatable bonds is 3. The van der Waals surface area contributed by atoms with Crippen molar-refractivity contribution in [3.63, 3.8) is 0 Å². The van der Waals surface area contributed by atoms with Gasteiger partial charge in [-0.3, -0.25) is 0 Å². The number of nitrogens with zero attached hydrogens (tertiary/aromatic N) is 2. The van der Waals surface area contributed by atoms with Crippen molar-refractivity contribution in [2.24, 2.45) is 0 Å². The second kappa shape index (κ2) is 6.58. The summed E-state index contributed by atoms with van der Waals surface area (Å²) < 4.78 is 6.68. The van der Waals surface area contributed by atoms with Crippen LogP contribution in [0.4, 0.5) is 5.69 Å². The van der Waals surface area contributed by atoms with Gasteiger partial charge in [0.05, 0.1) is 33.4 Å². The minimum absolute atomic E-state index is 0.899. The van der Waals surface area contributed by atoms with Crippen LogP contribution in [0.25, 0.3) is 0 Å². The Morgan fingerprint density at radius 2 is 1.58 bits per heavy atom. The Morgan fingerprint density at radius 1 is 0.917 bits per heavy atom. The maximum Gasteiger partial charge on any atom is 0.102 e. The Kier molecular flexibility index (Phi) is 4.30. The van der Waals surface area contributed by atoms with Gasteiger partial charge in [0.15, 0.2) is 0 Å². The summed E-state index contributed by atoms with van der Waals surface area (Å²) in [7, 11) is 2.38. The summed E-state index contributed by atoms with van der Waals surface area (Å²) in [5.74, 6) is 0. The fraction of sp³-hybridized carbons (Fsp3) is 0.429. The molecule has 2 aromatic rings. The van der Waals surface area contributed by atoms with E-state index in [1.54, 1.807) is 0 Å². The van der Waals surface area contributed by atoms with Gasteiger partial charge < -0.3 is 14.1 Å². The van der Waals surface area contributed by atoms with Crippen molar-refractivity contribution in [3.8, 4) is 0 Å². The molecule has 24 heavy (non-hydrogen) atoms. The number of hydrogen-bond donors (Lipinski definition) is 0. The molecule has 0 unspecified atom stereocenters. The standard InChI is InChI=1S/C21H27N2O/c1-23(12-14-24-15-13-23)11-10-22-17-20-8-3-2-6-18(20)16-19-7-4-5-9-21(19)22/h2-9H,10-17H2,1H3/q+1. The molecule has 0 N–H and O–H groups in total. The molecule has 0 radical (unpaired) electrons. The van der Waals surface area contributed by atoms with Gasteiger partial charge in [-0.15, -0.1) is 0 Å². The third kappa shape index (κ3) is 3.19. The van der Waals surface area contributed by atoms with Gasteiger partial charge in [-0.2, -0.15) is 0 Å². The van der Waals surface area contributed by atoms with Crippen LogP contribution in [0.15, 0.2) is 48.5 Å². The predicted molar refractivity (Wildman–Crippen MR) is 98.3 cm³/mol. The van der Waals surface area contributed by atoms with Gasteiger partial charge in [0.2, 0.25) is 0 Å². The van der Waals surface area contributed by atoms with Crippen LogP contribution in [0.3, 0.4) is 0 Å². The fourth-order valence-corrected chi connectivity index (χ4v) is 3.92. The Labute approximate surface area is 145 Å². The third-order valence-corrected chi connectivity index (χ3v) is 5.65. The van der Waals surface area contributed by atoms with Crippen molar-refractivity contribution in [1.82, 2.24) is 0 Å². The van der Waals surface area contributed by atoms with Crippen molar-refractivity contribution >= 4 is 5.69 Å². The first kappa shape index (κ1) is 15.7. The van der Waals surface area contributed by atoms with Gasteiger partial charge in [0.1, 0.15) is 13.1 Å². The van der Waals surface area contributed by atoms with Crippen molar-refractivity contribution in [2.75, 3.05) is 51.3 Å². The molecule has 1 saturated heterocycles. The molecular weight excluding hydrogens is 296 g/mol. The topological polar surface area (TPSA) is 12.5 Å². The molecule has 0 atom stereocenters. The van der Waals surface area contributed by atoms with E-state index in [9.17, 15) is 0 Å². The maximum absolute atomic E-state index is 5.55. The van der Waals surface area contributed by atoms with Crippen LogP contribution in [-0.2, 0) is 17.7 Å². The smallest absolute Gasteiger partial charge is 0.102 e. The summed E-state index contributed by atoms with van der Waals surface area (Å²) in [5, 5.41) is 0. The second-order valence-corrected chi connectivity index (χ2v) is 7.40. The summed E-state index contributed by atoms with van der Waals surface area (Å²) in [6.45, 7) is 7.36. The van der Waals surface area contributed by atoms with Crippen LogP contribution in [0.5, 0.6) is 0 Å². The zero-order chi connectivity index (χ0) is 16.4. The van der Waals surface area contributed by atoms with Crippen molar-refractivity contribution in [1.29, 1.82) is 0 Å². The van der Waals surface area contributed by atoms with Crippen LogP contribution in [0.2, 0.25) is 0 Å². The normalized spacial score (nSPS) is 19.3. The van der Waals surface area contributed by atoms with Gasteiger partial charge in [0.25, 0.3) is 0 Å². The average Bonchev–Trinajstić information content (AvgIpc) is 2.77. The molecule has 2 heterocycles. The van der Waals surface area contributed by atoms with E-state index >= 15 is 0 Å². The van der Waals surface area contributed by atoms with E-state index in [2.05, 4.69) is 60.5 Å². The molecule has 126 valence electrons. The highest BCUT2D eigenvalue weighted by molar-refractivity contribution is 5.58. The highest BCUT2D eigenvalue weighted by Crippen LogP contribution is 2.30. The molecule has 0 aliphatic carbocycles. The fourth-order valence-electron chi connectivity index (χ4n) is 3.92. The zero-order valence-electron chi connectivity index (χ0n) is 14.6. The number of quaternary nitrogens is 1. The predicted octanol–water partition coefficient (Wildman–Crippen LogP) is 3.07. The van der Waals surface area contributed by atoms with Crippen LogP contribution < -0.4 is 4.90 Å². The summed E-state index contributed by atoms with van der Waals surface area (Å²) in [4.78, 5) is 2.58. The molecule has 3 nitrogen and oxygen atoms in total. The molecule has 4 rings (SSSR count). The van der Waals surface area contributed by atoms with E-state index in [4.69, 9.17) is 4.74 Å². The quantitative estimate of drug-likeness (QED) is 0.805. The first-order valence-corrected chi connectivity index (χ1v) is 9.04. The molecule has 2 aromatic carbocycles. The molecule has 1 fully saturated rings. The van der Waals surface area contributed by atoms with Crippen LogP contribution in [0, 0.1) is 0 Å². The Bertz CT molecular complexity index is 706. The van der Waals surface area contributed by atoms with E-state index in [0.29, 0.717) is 0 Å². The average molecular weight is 323 g/mol. The number of likely N-dealkylation sites (N-methyl/N-ethyl adjacent to an activating group) is 1. The number of hydrogen-bond acceptors (Lipinski definition) is 2. The first-order chi connectivity index (χ1) is 11.7. The van der Waals surface area contributed by atoms with E-state index in [-0.39, 0.29) is 0 Å². The van der Waals surface area contributed by atoms with Gasteiger partial charge in [0, 0.05) is 12.2 Å². The summed E-state index contributed by atoms with van der Waals surface area (Å²) >= 11 is 0. The number of ether oxygens (including phenoxy) is 1. The number of benzene rings is 2. The monoisotopic (exact) mass is 323 g/mol. The Balaban J connectivity index is 1.59. The van der Waals surface area contributed by atoms with E-state index < -0.39 is 0 Å². The van der Waals surface area contributed by atoms with Crippen molar-refractivity contribution in [2.45, 2.75) is 13.0 Å². The van der Waals surface area contributed by atoms with E-state index in [1.165, 1.54) is 28.9 Å². The van der Waals surface area contributed by atoms with Crippen LogP contribution in [0.1, 0.15) is 16.7 Å². The van der Waals surface area contributed by atoms with Gasteiger partial charge in [-0.1, -0.05) is 42.5 Å². The molecular formula is C21H27N2O+. The van der Waals surface area contributed by atoms with E-state index in [1.807, 2.05) is 0 Å². The lowest BCUT2D eigenvalue weighted by Gasteiger charge is -2.39. The minimum atomic E-state index is 0.899. The summed E-state index contributed by atoms with van der Waals surface area (Å²) in [6, 6.07) is 17.8. The molecule has 0 bridgehead atoms. The lowest BCUT2D eigenvalue weighted by Crippen LogP contribution is -2.54. The highest BCUT2D eigenvalue weighted by atomic mass is 16.5. The number of para-hydroxylation sites is 1. The lowest BCUT2D eigenvalue weighted by atomic mass is 10.0. The first-order valence-electron chi connectivity index (χ1n) is 9.04. The van der Waals surface area contributed by atoms with Crippen LogP contribution in [-0.4, -0.2) is 50.9 Å². The Hall–Kier alpha value is -1.84.